The van der Waals surface area contributed by atoms with Gasteiger partial charge in [0.05, 0.1) is 5.25 Å². The summed E-state index contributed by atoms with van der Waals surface area (Å²) in [6.07, 6.45) is 6.55. The Morgan fingerprint density at radius 2 is 2.36 bits per heavy atom. The molecule has 2 unspecified atom stereocenters. The third-order valence-electron chi connectivity index (χ3n) is 1.90. The first-order chi connectivity index (χ1) is 5.27. The number of allylic oxidation sites excluding steroid dienone is 2. The summed E-state index contributed by atoms with van der Waals surface area (Å²) in [5, 5.41) is 0.395. The Morgan fingerprint density at radius 3 is 3.18 bits per heavy atom. The largest absolute Gasteiger partial charge is 0.383 e. The Balaban J connectivity index is 2.32. The molecule has 1 heterocycles. The molecule has 0 fully saturated rings. The van der Waals surface area contributed by atoms with E-state index in [4.69, 9.17) is 5.73 Å². The minimum absolute atomic E-state index is 0.395. The zero-order valence-electron chi connectivity index (χ0n) is 6.32. The van der Waals surface area contributed by atoms with E-state index in [1.165, 1.54) is 5.57 Å². The third-order valence-corrected chi connectivity index (χ3v) is 2.84. The summed E-state index contributed by atoms with van der Waals surface area (Å²) in [6.45, 7) is 2.15. The first-order valence-electron chi connectivity index (χ1n) is 3.67. The Bertz CT molecular complexity index is 265. The van der Waals surface area contributed by atoms with Gasteiger partial charge in [-0.05, 0) is 17.9 Å². The molecule has 0 spiro atoms. The molecule has 0 radical (unpaired) electrons. The van der Waals surface area contributed by atoms with Crippen molar-refractivity contribution in [3.05, 3.63) is 23.8 Å². The quantitative estimate of drug-likeness (QED) is 0.437. The lowest BCUT2D eigenvalue weighted by molar-refractivity contribution is 0.905. The van der Waals surface area contributed by atoms with Crippen LogP contribution < -0.4 is 5.73 Å². The van der Waals surface area contributed by atoms with Gasteiger partial charge in [-0.25, -0.2) is 0 Å². The highest BCUT2D eigenvalue weighted by Crippen LogP contribution is 2.33. The van der Waals surface area contributed by atoms with E-state index in [0.717, 1.165) is 0 Å². The smallest absolute Gasteiger partial charge is 0.135 e. The molecule has 2 atom stereocenters. The van der Waals surface area contributed by atoms with Gasteiger partial charge < -0.3 is 5.73 Å². The number of nitrogens with two attached hydrogens (primary N) is 1. The van der Waals surface area contributed by atoms with E-state index in [1.54, 1.807) is 11.9 Å². The van der Waals surface area contributed by atoms with Crippen LogP contribution >= 0.6 is 11.9 Å². The van der Waals surface area contributed by atoms with Crippen molar-refractivity contribution in [2.45, 2.75) is 12.2 Å². The fourth-order valence-corrected chi connectivity index (χ4v) is 2.11. The van der Waals surface area contributed by atoms with Crippen molar-refractivity contribution in [1.29, 1.82) is 0 Å². The minimum Gasteiger partial charge on any atom is -0.383 e. The lowest BCUT2D eigenvalue weighted by Crippen LogP contribution is -2.18. The second-order valence-corrected chi connectivity index (χ2v) is 3.77. The van der Waals surface area contributed by atoms with Gasteiger partial charge in [0.2, 0.25) is 0 Å². The molecule has 0 aromatic carbocycles. The average Bonchev–Trinajstić information content (AvgIpc) is 2.33. The van der Waals surface area contributed by atoms with Crippen LogP contribution in [0.5, 0.6) is 0 Å². The summed E-state index contributed by atoms with van der Waals surface area (Å²) in [5.74, 6) is 1.21. The van der Waals surface area contributed by atoms with Gasteiger partial charge in [0.1, 0.15) is 5.84 Å². The van der Waals surface area contributed by atoms with Gasteiger partial charge in [0, 0.05) is 5.57 Å². The molecule has 2 rings (SSSR count). The van der Waals surface area contributed by atoms with Gasteiger partial charge >= 0.3 is 0 Å². The Kier molecular flexibility index (Phi) is 1.53. The van der Waals surface area contributed by atoms with Gasteiger partial charge in [-0.1, -0.05) is 25.2 Å². The van der Waals surface area contributed by atoms with Crippen LogP contribution in [0.15, 0.2) is 28.2 Å². The number of nitrogens with zero attached hydrogens (tertiary/aromatic N) is 1. The monoisotopic (exact) mass is 166 g/mol. The van der Waals surface area contributed by atoms with Crippen LogP contribution in [0.25, 0.3) is 0 Å². The van der Waals surface area contributed by atoms with Crippen LogP contribution in [-0.2, 0) is 0 Å². The van der Waals surface area contributed by atoms with E-state index in [0.29, 0.717) is 17.0 Å². The molecule has 0 bridgehead atoms. The molecule has 2 nitrogen and oxygen atoms in total. The predicted octanol–water partition coefficient (Wildman–Crippen LogP) is 1.51. The fraction of sp³-hybridized carbons (Fsp3) is 0.375. The number of rotatable bonds is 0. The number of hydrogen-bond donors (Lipinski definition) is 1. The van der Waals surface area contributed by atoms with Crippen LogP contribution in [-0.4, -0.2) is 11.1 Å². The van der Waals surface area contributed by atoms with Crippen molar-refractivity contribution in [3.63, 3.8) is 0 Å². The SMILES string of the molecule is CC1C=CC2SN=C(N)C2=C1. The average molecular weight is 166 g/mol. The molecule has 0 saturated carbocycles. The first kappa shape index (κ1) is 6.98. The molecule has 2 aliphatic rings. The van der Waals surface area contributed by atoms with E-state index in [-0.39, 0.29) is 0 Å². The zero-order valence-corrected chi connectivity index (χ0v) is 7.14. The van der Waals surface area contributed by atoms with Crippen LogP contribution in [0.2, 0.25) is 0 Å². The summed E-state index contributed by atoms with van der Waals surface area (Å²) in [6, 6.07) is 0. The van der Waals surface area contributed by atoms with Crippen molar-refractivity contribution in [3.8, 4) is 0 Å². The minimum atomic E-state index is 0.395. The highest BCUT2D eigenvalue weighted by Gasteiger charge is 2.24. The lowest BCUT2D eigenvalue weighted by atomic mass is 9.98. The third kappa shape index (κ3) is 1.09. The molecule has 1 aliphatic carbocycles. The number of fused-ring (bicyclic) bond motifs is 1. The Morgan fingerprint density at radius 1 is 1.55 bits per heavy atom. The number of hydrogen-bond acceptors (Lipinski definition) is 3. The molecule has 58 valence electrons. The van der Waals surface area contributed by atoms with E-state index < -0.39 is 0 Å². The molecule has 0 aromatic rings. The maximum Gasteiger partial charge on any atom is 0.135 e. The molecular weight excluding hydrogens is 156 g/mol. The topological polar surface area (TPSA) is 38.4 Å². The van der Waals surface area contributed by atoms with Crippen molar-refractivity contribution in [1.82, 2.24) is 0 Å². The summed E-state index contributed by atoms with van der Waals surface area (Å²) in [5.41, 5.74) is 6.88. The van der Waals surface area contributed by atoms with Gasteiger partial charge in [0.25, 0.3) is 0 Å². The van der Waals surface area contributed by atoms with E-state index in [2.05, 4.69) is 29.5 Å². The summed E-state index contributed by atoms with van der Waals surface area (Å²) >= 11 is 1.54. The molecular formula is C8H10N2S. The maximum atomic E-state index is 5.68. The highest BCUT2D eigenvalue weighted by molar-refractivity contribution is 7.99. The summed E-state index contributed by atoms with van der Waals surface area (Å²) < 4.78 is 4.11. The van der Waals surface area contributed by atoms with Crippen LogP contribution in [0.1, 0.15) is 6.92 Å². The molecule has 0 aromatic heterocycles. The van der Waals surface area contributed by atoms with Crippen molar-refractivity contribution < 1.29 is 0 Å². The van der Waals surface area contributed by atoms with Crippen molar-refractivity contribution in [2.24, 2.45) is 16.0 Å². The second-order valence-electron chi connectivity index (χ2n) is 2.87. The standard InChI is InChI=1S/C8H10N2S/c1-5-2-3-7-6(4-5)8(9)10-11-7/h2-5,7H,1H3,(H2,9,10). The lowest BCUT2D eigenvalue weighted by Gasteiger charge is -2.13. The summed E-state index contributed by atoms with van der Waals surface area (Å²) in [7, 11) is 0. The highest BCUT2D eigenvalue weighted by atomic mass is 32.2. The van der Waals surface area contributed by atoms with Gasteiger partial charge in [0.15, 0.2) is 0 Å². The number of amidine groups is 1. The van der Waals surface area contributed by atoms with Gasteiger partial charge in [-0.15, -0.1) is 0 Å². The van der Waals surface area contributed by atoms with Gasteiger partial charge in [-0.3, -0.25) is 0 Å². The summed E-state index contributed by atoms with van der Waals surface area (Å²) in [4.78, 5) is 0. The van der Waals surface area contributed by atoms with E-state index in [1.807, 2.05) is 0 Å². The molecule has 11 heavy (non-hydrogen) atoms. The van der Waals surface area contributed by atoms with E-state index in [9.17, 15) is 0 Å². The van der Waals surface area contributed by atoms with E-state index >= 15 is 0 Å². The van der Waals surface area contributed by atoms with Crippen molar-refractivity contribution >= 4 is 17.8 Å². The van der Waals surface area contributed by atoms with Crippen LogP contribution in [0, 0.1) is 5.92 Å². The predicted molar refractivity (Wildman–Crippen MR) is 49.4 cm³/mol. The van der Waals surface area contributed by atoms with Crippen molar-refractivity contribution in [2.75, 3.05) is 0 Å². The normalized spacial score (nSPS) is 34.6. The zero-order chi connectivity index (χ0) is 7.84. The molecule has 2 N–H and O–H groups in total. The first-order valence-corrected chi connectivity index (χ1v) is 4.51. The van der Waals surface area contributed by atoms with Gasteiger partial charge in [-0.2, -0.15) is 4.40 Å². The molecule has 0 amide bonds. The fourth-order valence-electron chi connectivity index (χ4n) is 1.30. The van der Waals surface area contributed by atoms with Crippen LogP contribution in [0.3, 0.4) is 0 Å². The second kappa shape index (κ2) is 2.41. The Labute approximate surface area is 70.4 Å². The van der Waals surface area contributed by atoms with Crippen LogP contribution in [0.4, 0.5) is 0 Å². The molecule has 3 heteroatoms. The molecule has 0 saturated heterocycles. The Hall–Kier alpha value is -0.700. The maximum absolute atomic E-state index is 5.68. The molecule has 1 aliphatic heterocycles.